The second kappa shape index (κ2) is 35.3. The van der Waals surface area contributed by atoms with Gasteiger partial charge in [-0.3, -0.25) is 48.2 Å². The van der Waals surface area contributed by atoms with Gasteiger partial charge in [0.05, 0.1) is 64.0 Å². The van der Waals surface area contributed by atoms with Crippen LogP contribution in [-0.4, -0.2) is 179 Å². The molecular formula is C65H98N8O16S. The molecule has 90 heavy (non-hydrogen) atoms. The average Bonchev–Trinajstić information content (AvgIpc) is 1.17. The van der Waals surface area contributed by atoms with Crippen LogP contribution in [0.25, 0.3) is 0 Å². The van der Waals surface area contributed by atoms with Gasteiger partial charge in [0.15, 0.2) is 5.78 Å². The van der Waals surface area contributed by atoms with E-state index in [1.54, 1.807) is 67.5 Å². The fourth-order valence-corrected chi connectivity index (χ4v) is 11.1. The lowest BCUT2D eigenvalue weighted by Gasteiger charge is -2.42. The Hall–Kier alpha value is -7.35. The van der Waals surface area contributed by atoms with Gasteiger partial charge in [-0.05, 0) is 74.5 Å². The number of ketones is 2. The summed E-state index contributed by atoms with van der Waals surface area (Å²) in [4.78, 5) is 136. The summed E-state index contributed by atoms with van der Waals surface area (Å²) in [5.74, 6) is -5.90. The molecule has 0 saturated heterocycles. The van der Waals surface area contributed by atoms with Crippen molar-refractivity contribution in [2.75, 3.05) is 66.8 Å². The lowest BCUT2D eigenvalue weighted by atomic mass is 9.76. The third-order valence-corrected chi connectivity index (χ3v) is 16.3. The maximum atomic E-state index is 14.7. The number of nitrogens with one attached hydrogen (secondary N) is 4. The molecule has 0 unspecified atom stereocenters. The van der Waals surface area contributed by atoms with E-state index in [1.807, 2.05) is 58.0 Å². The maximum absolute atomic E-state index is 14.7. The predicted octanol–water partition coefficient (Wildman–Crippen LogP) is 5.45. The topological polar surface area (TPSA) is 326 Å². The zero-order valence-electron chi connectivity index (χ0n) is 55.2. The van der Waals surface area contributed by atoms with Gasteiger partial charge in [0.2, 0.25) is 27.7 Å². The van der Waals surface area contributed by atoms with Crippen molar-refractivity contribution in [2.45, 2.75) is 163 Å². The number of Topliss-reactive ketones (excluding diaryl/α,β-unsaturated/α-hetero) is 2. The molecular weight excluding hydrogens is 1180 g/mol. The van der Waals surface area contributed by atoms with E-state index in [0.717, 1.165) is 10.5 Å². The molecule has 24 nitrogen and oxygen atoms in total. The third-order valence-electron chi connectivity index (χ3n) is 15.1. The molecule has 2 aromatic carbocycles. The molecule has 0 aliphatic carbocycles. The number of benzene rings is 2. The van der Waals surface area contributed by atoms with E-state index in [2.05, 4.69) is 20.7 Å². The molecule has 1 aliphatic rings. The summed E-state index contributed by atoms with van der Waals surface area (Å²) in [7, 11) is -1.30. The van der Waals surface area contributed by atoms with Crippen LogP contribution in [0.4, 0.5) is 9.59 Å². The van der Waals surface area contributed by atoms with Gasteiger partial charge in [0.25, 0.3) is 17.7 Å². The molecule has 0 spiro atoms. The Morgan fingerprint density at radius 2 is 1.27 bits per heavy atom. The summed E-state index contributed by atoms with van der Waals surface area (Å²) < 4.78 is 51.3. The minimum Gasteiger partial charge on any atom is -0.444 e. The van der Waals surface area contributed by atoms with Gasteiger partial charge in [-0.2, -0.15) is 0 Å². The van der Waals surface area contributed by atoms with E-state index in [9.17, 15) is 56.4 Å². The molecule has 0 aromatic heterocycles. The van der Waals surface area contributed by atoms with Crippen molar-refractivity contribution in [1.29, 1.82) is 0 Å². The van der Waals surface area contributed by atoms with Crippen LogP contribution in [0, 0.1) is 23.2 Å². The number of amides is 9. The number of carbonyl (C=O) groups excluding carboxylic acids is 10. The first-order valence-electron chi connectivity index (χ1n) is 30.4. The molecule has 0 saturated carbocycles. The Labute approximate surface area is 531 Å². The summed E-state index contributed by atoms with van der Waals surface area (Å²) in [6, 6.07) is 10.5. The largest absolute Gasteiger partial charge is 0.444 e. The molecule has 2 aromatic rings. The van der Waals surface area contributed by atoms with Crippen LogP contribution in [0.2, 0.25) is 0 Å². The van der Waals surface area contributed by atoms with Gasteiger partial charge in [0, 0.05) is 69.0 Å². The fourth-order valence-electron chi connectivity index (χ4n) is 9.94. The number of nitrogens with zero attached hydrogens (tertiary/aromatic N) is 3. The minimum atomic E-state index is -4.32. The van der Waals surface area contributed by atoms with Gasteiger partial charge in [-0.1, -0.05) is 123 Å². The van der Waals surface area contributed by atoms with Crippen molar-refractivity contribution in [2.24, 2.45) is 28.9 Å². The van der Waals surface area contributed by atoms with Gasteiger partial charge in [-0.15, -0.1) is 0 Å². The molecule has 25 heteroatoms. The van der Waals surface area contributed by atoms with E-state index in [-0.39, 0.29) is 131 Å². The zero-order valence-corrected chi connectivity index (χ0v) is 56.0. The second-order valence-corrected chi connectivity index (χ2v) is 27.6. The second-order valence-electron chi connectivity index (χ2n) is 25.9. The number of likely N-dealkylation sites (N-methyl/N-ethyl adjacent to an activating group) is 2. The lowest BCUT2D eigenvalue weighted by Crippen LogP contribution is -2.63. The molecule has 9 amide bonds. The van der Waals surface area contributed by atoms with Crippen LogP contribution in [0.15, 0.2) is 78.4 Å². The summed E-state index contributed by atoms with van der Waals surface area (Å²) >= 11 is 0. The van der Waals surface area contributed by atoms with Crippen LogP contribution in [0.1, 0.15) is 132 Å². The van der Waals surface area contributed by atoms with Crippen molar-refractivity contribution >= 4 is 69.2 Å². The standard InChI is InChI=1S/C65H98N8O16S/c1-42(2)49(40-48(74)29-32-86-34-36-88-37-35-87-33-31-73-53(76)27-28-54(73)77)58(79)68-50(22-19-30-67-61(66)82)52(75)39-45-23-25-46(26-24-45)41-90(84,85)70-57(78)44(5)38-51(43(3)4)71(14)60(81)55(63(6,7)8)69-59(80)56(72(15)62(83)89-64(9,10)11)65(12,13)47-20-17-16-18-21-47/h16-18,20-21,23-28,38,42-43,49-51,55-56H,19,22,29-37,39-41H2,1-15H3,(H,68,79)(H,69,80)(H,70,78)(H3,66,67,82)/b44-38+/t49-,50-,51+,55+,56+/m0/s1. The monoisotopic (exact) mass is 1280 g/mol. The van der Waals surface area contributed by atoms with Crippen LogP contribution < -0.4 is 26.4 Å². The summed E-state index contributed by atoms with van der Waals surface area (Å²) in [5, 5.41) is 8.27. The number of urea groups is 1. The number of nitrogens with two attached hydrogens (primary N) is 1. The minimum absolute atomic E-state index is 0.00177. The summed E-state index contributed by atoms with van der Waals surface area (Å²) in [5.41, 5.74) is 4.05. The van der Waals surface area contributed by atoms with E-state index in [4.69, 9.17) is 24.7 Å². The van der Waals surface area contributed by atoms with Crippen LogP contribution in [0.5, 0.6) is 0 Å². The molecule has 6 N–H and O–H groups in total. The van der Waals surface area contributed by atoms with E-state index in [0.29, 0.717) is 5.56 Å². The SMILES string of the molecule is C/C(=C\[C@H](C(C)C)N(C)C(=O)[C@@H](NC(=O)[C@@H](N(C)C(=O)OC(C)(C)C)C(C)(C)c1ccccc1)C(C)(C)C)C(=O)NS(=O)(=O)Cc1ccc(CC(=O)[C@H](CCCNC(N)=O)NC(=O)[C@@H](CC(=O)CCOCCOCCOCCN2C(=O)C=CC2=O)C(C)C)cc1. The molecule has 3 rings (SSSR count). The number of primary amides is 1. The smallest absolute Gasteiger partial charge is 0.410 e. The zero-order chi connectivity index (χ0) is 67.9. The number of carbonyl (C=O) groups is 10. The Kier molecular flexibility index (Phi) is 30.2. The van der Waals surface area contributed by atoms with Crippen molar-refractivity contribution < 1.29 is 75.3 Å². The number of sulfonamides is 1. The van der Waals surface area contributed by atoms with E-state index >= 15 is 0 Å². The average molecular weight is 1280 g/mol. The summed E-state index contributed by atoms with van der Waals surface area (Å²) in [6.07, 6.45) is 3.33. The quantitative estimate of drug-likeness (QED) is 0.0319. The maximum Gasteiger partial charge on any atom is 0.410 e. The van der Waals surface area contributed by atoms with Crippen molar-refractivity contribution in [3.63, 3.8) is 0 Å². The Bertz CT molecular complexity index is 2950. The number of hydrogen-bond donors (Lipinski definition) is 5. The number of ether oxygens (including phenoxy) is 4. The summed E-state index contributed by atoms with van der Waals surface area (Å²) in [6.45, 7) is 24.3. The molecule has 500 valence electrons. The van der Waals surface area contributed by atoms with Crippen molar-refractivity contribution in [3.8, 4) is 0 Å². The highest BCUT2D eigenvalue weighted by Crippen LogP contribution is 2.33. The first-order valence-corrected chi connectivity index (χ1v) is 32.1. The van der Waals surface area contributed by atoms with Crippen molar-refractivity contribution in [1.82, 2.24) is 35.4 Å². The van der Waals surface area contributed by atoms with Crippen LogP contribution in [-0.2, 0) is 84.9 Å². The first kappa shape index (κ1) is 76.9. The highest BCUT2D eigenvalue weighted by Gasteiger charge is 2.46. The normalized spacial score (nSPS) is 14.8. The third kappa shape index (κ3) is 25.5. The van der Waals surface area contributed by atoms with Gasteiger partial charge >= 0.3 is 12.1 Å². The highest BCUT2D eigenvalue weighted by molar-refractivity contribution is 7.89. The molecule has 1 heterocycles. The van der Waals surface area contributed by atoms with Gasteiger partial charge in [-0.25, -0.2) is 22.7 Å². The fraction of sp³-hybridized carbons (Fsp3) is 0.600. The number of imide groups is 1. The van der Waals surface area contributed by atoms with Crippen LogP contribution in [0.3, 0.4) is 0 Å². The van der Waals surface area contributed by atoms with Gasteiger partial charge in [0.1, 0.15) is 23.5 Å². The Morgan fingerprint density at radius 1 is 0.711 bits per heavy atom. The molecule has 5 atom stereocenters. The number of hydrogen-bond acceptors (Lipinski definition) is 16. The molecule has 1 aliphatic heterocycles. The van der Waals surface area contributed by atoms with E-state index < -0.39 is 98.0 Å². The van der Waals surface area contributed by atoms with E-state index in [1.165, 1.54) is 61.2 Å². The highest BCUT2D eigenvalue weighted by atomic mass is 32.2. The molecule has 0 bridgehead atoms. The first-order chi connectivity index (χ1) is 41.9. The Morgan fingerprint density at radius 3 is 1.80 bits per heavy atom. The number of rotatable bonds is 37. The molecule has 0 radical (unpaired) electrons. The van der Waals surface area contributed by atoms with Gasteiger partial charge < -0.3 is 45.5 Å². The Balaban J connectivity index is 1.65. The lowest BCUT2D eigenvalue weighted by molar-refractivity contribution is -0.142. The van der Waals surface area contributed by atoms with Crippen molar-refractivity contribution in [3.05, 3.63) is 95.1 Å². The molecule has 0 fully saturated rings. The predicted molar refractivity (Wildman–Crippen MR) is 339 cm³/mol. The van der Waals surface area contributed by atoms with Crippen LogP contribution >= 0.6 is 0 Å².